The fraction of sp³-hybridized carbons (Fsp3) is 0.231. The summed E-state index contributed by atoms with van der Waals surface area (Å²) in [5.74, 6) is 0.191. The van der Waals surface area contributed by atoms with Crippen LogP contribution in [0.3, 0.4) is 0 Å². The maximum Gasteiger partial charge on any atom is 0.184 e. The van der Waals surface area contributed by atoms with Crippen LogP contribution in [0, 0.1) is 5.92 Å². The molecule has 0 saturated heterocycles. The zero-order valence-electron chi connectivity index (χ0n) is 8.98. The fourth-order valence-corrected chi connectivity index (χ4v) is 2.03. The summed E-state index contributed by atoms with van der Waals surface area (Å²) >= 11 is 5.87. The number of halogens is 1. The van der Waals surface area contributed by atoms with Gasteiger partial charge in [-0.1, -0.05) is 11.6 Å². The van der Waals surface area contributed by atoms with Gasteiger partial charge in [0.15, 0.2) is 5.78 Å². The van der Waals surface area contributed by atoms with E-state index >= 15 is 0 Å². The molecule has 0 radical (unpaired) electrons. The monoisotopic (exact) mass is 247 g/mol. The summed E-state index contributed by atoms with van der Waals surface area (Å²) in [7, 11) is 0. The predicted octanol–water partition coefficient (Wildman–Crippen LogP) is 3.19. The van der Waals surface area contributed by atoms with Gasteiger partial charge in [0.2, 0.25) is 0 Å². The Morgan fingerprint density at radius 2 is 2.12 bits per heavy atom. The van der Waals surface area contributed by atoms with Crippen molar-refractivity contribution in [2.24, 2.45) is 5.92 Å². The molecular formula is C13H10ClNO2. The molecule has 0 atom stereocenters. The maximum absolute atomic E-state index is 11.9. The van der Waals surface area contributed by atoms with E-state index < -0.39 is 0 Å². The largest absolute Gasteiger partial charge is 0.507 e. The molecule has 1 fully saturated rings. The van der Waals surface area contributed by atoms with E-state index in [2.05, 4.69) is 4.98 Å². The average Bonchev–Trinajstić information content (AvgIpc) is 3.11. The Hall–Kier alpha value is -1.61. The van der Waals surface area contributed by atoms with Crippen LogP contribution in [-0.2, 0) is 0 Å². The maximum atomic E-state index is 11.9. The van der Waals surface area contributed by atoms with Gasteiger partial charge in [-0.05, 0) is 31.0 Å². The lowest BCUT2D eigenvalue weighted by Crippen LogP contribution is -2.04. The summed E-state index contributed by atoms with van der Waals surface area (Å²) in [5.41, 5.74) is 0.890. The van der Waals surface area contributed by atoms with Gasteiger partial charge in [0, 0.05) is 22.4 Å². The highest BCUT2D eigenvalue weighted by Gasteiger charge is 2.31. The van der Waals surface area contributed by atoms with Gasteiger partial charge in [0.1, 0.15) is 11.4 Å². The van der Waals surface area contributed by atoms with E-state index in [1.54, 1.807) is 18.2 Å². The van der Waals surface area contributed by atoms with E-state index in [9.17, 15) is 9.90 Å². The molecule has 3 rings (SSSR count). The van der Waals surface area contributed by atoms with E-state index in [-0.39, 0.29) is 17.5 Å². The average molecular weight is 248 g/mol. The third-order valence-electron chi connectivity index (χ3n) is 2.95. The minimum atomic E-state index is 0.0159. The molecule has 0 aliphatic heterocycles. The highest BCUT2D eigenvalue weighted by molar-refractivity contribution is 6.31. The molecule has 1 saturated carbocycles. The van der Waals surface area contributed by atoms with Crippen molar-refractivity contribution in [3.63, 3.8) is 0 Å². The minimum absolute atomic E-state index is 0.0159. The van der Waals surface area contributed by atoms with E-state index in [1.165, 1.54) is 6.07 Å². The Bertz CT molecular complexity index is 620. The lowest BCUT2D eigenvalue weighted by molar-refractivity contribution is 0.0962. The fourth-order valence-electron chi connectivity index (χ4n) is 1.86. The molecule has 1 aromatic carbocycles. The van der Waals surface area contributed by atoms with E-state index in [4.69, 9.17) is 11.6 Å². The zero-order valence-corrected chi connectivity index (χ0v) is 9.74. The van der Waals surface area contributed by atoms with Gasteiger partial charge in [0.05, 0.1) is 5.52 Å². The molecule has 1 aliphatic rings. The number of Topliss-reactive ketones (excluding diaryl/α,β-unsaturated/α-hetero) is 1. The van der Waals surface area contributed by atoms with Crippen LogP contribution in [0.2, 0.25) is 5.02 Å². The summed E-state index contributed by atoms with van der Waals surface area (Å²) in [6.45, 7) is 0. The Balaban J connectivity index is 2.17. The molecule has 1 aromatic heterocycles. The Kier molecular flexibility index (Phi) is 2.30. The second-order valence-corrected chi connectivity index (χ2v) is 4.76. The minimum Gasteiger partial charge on any atom is -0.507 e. The van der Waals surface area contributed by atoms with Gasteiger partial charge < -0.3 is 5.11 Å². The normalized spacial score (nSPS) is 15.1. The number of hydrogen-bond acceptors (Lipinski definition) is 3. The van der Waals surface area contributed by atoms with Crippen LogP contribution in [0.4, 0.5) is 0 Å². The van der Waals surface area contributed by atoms with Crippen molar-refractivity contribution in [3.05, 3.63) is 35.0 Å². The number of aromatic hydroxyl groups is 1. The number of rotatable bonds is 2. The van der Waals surface area contributed by atoms with E-state index in [1.807, 2.05) is 0 Å². The molecule has 1 N–H and O–H groups in total. The van der Waals surface area contributed by atoms with Gasteiger partial charge in [-0.2, -0.15) is 0 Å². The van der Waals surface area contributed by atoms with Crippen LogP contribution < -0.4 is 0 Å². The lowest BCUT2D eigenvalue weighted by atomic mass is 10.1. The SMILES string of the molecule is O=C(c1cc(O)c2ccc(Cl)cc2n1)C1CC1. The first kappa shape index (κ1) is 10.5. The smallest absolute Gasteiger partial charge is 0.184 e. The number of pyridine rings is 1. The van der Waals surface area contributed by atoms with E-state index in [0.29, 0.717) is 21.6 Å². The molecule has 1 aliphatic carbocycles. The number of ketones is 1. The summed E-state index contributed by atoms with van der Waals surface area (Å²) in [4.78, 5) is 16.1. The second kappa shape index (κ2) is 3.70. The first-order valence-corrected chi connectivity index (χ1v) is 5.86. The van der Waals surface area contributed by atoms with Gasteiger partial charge in [-0.3, -0.25) is 4.79 Å². The molecule has 0 bridgehead atoms. The van der Waals surface area contributed by atoms with Crippen molar-refractivity contribution in [1.29, 1.82) is 0 Å². The first-order valence-electron chi connectivity index (χ1n) is 5.48. The zero-order chi connectivity index (χ0) is 12.0. The Morgan fingerprint density at radius 3 is 2.82 bits per heavy atom. The lowest BCUT2D eigenvalue weighted by Gasteiger charge is -2.04. The van der Waals surface area contributed by atoms with Crippen LogP contribution in [0.1, 0.15) is 23.3 Å². The first-order chi connectivity index (χ1) is 8.15. The van der Waals surface area contributed by atoms with Crippen molar-refractivity contribution in [1.82, 2.24) is 4.98 Å². The number of benzene rings is 1. The van der Waals surface area contributed by atoms with Gasteiger partial charge in [-0.25, -0.2) is 4.98 Å². The van der Waals surface area contributed by atoms with Crippen LogP contribution in [0.25, 0.3) is 10.9 Å². The second-order valence-electron chi connectivity index (χ2n) is 4.33. The molecule has 0 amide bonds. The highest BCUT2D eigenvalue weighted by Crippen LogP contribution is 2.34. The molecule has 0 spiro atoms. The number of carbonyl (C=O) groups is 1. The van der Waals surface area contributed by atoms with Crippen molar-refractivity contribution < 1.29 is 9.90 Å². The summed E-state index contributed by atoms with van der Waals surface area (Å²) < 4.78 is 0. The van der Waals surface area contributed by atoms with Crippen LogP contribution in [-0.4, -0.2) is 15.9 Å². The number of aromatic nitrogens is 1. The number of carbonyl (C=O) groups excluding carboxylic acids is 1. The summed E-state index contributed by atoms with van der Waals surface area (Å²) in [5, 5.41) is 11.0. The molecule has 1 heterocycles. The van der Waals surface area contributed by atoms with Gasteiger partial charge in [0.25, 0.3) is 0 Å². The van der Waals surface area contributed by atoms with Crippen molar-refractivity contribution in [3.8, 4) is 5.75 Å². The Morgan fingerprint density at radius 1 is 1.35 bits per heavy atom. The Labute approximate surface area is 103 Å². The van der Waals surface area contributed by atoms with Crippen LogP contribution >= 0.6 is 11.6 Å². The van der Waals surface area contributed by atoms with Gasteiger partial charge >= 0.3 is 0 Å². The third-order valence-corrected chi connectivity index (χ3v) is 3.19. The number of fused-ring (bicyclic) bond motifs is 1. The van der Waals surface area contributed by atoms with Crippen molar-refractivity contribution in [2.45, 2.75) is 12.8 Å². The summed E-state index contributed by atoms with van der Waals surface area (Å²) in [6.07, 6.45) is 1.85. The quantitative estimate of drug-likeness (QED) is 0.830. The topological polar surface area (TPSA) is 50.2 Å². The molecular weight excluding hydrogens is 238 g/mol. The molecule has 17 heavy (non-hydrogen) atoms. The molecule has 2 aromatic rings. The summed E-state index contributed by atoms with van der Waals surface area (Å²) in [6, 6.07) is 6.48. The number of nitrogens with zero attached hydrogens (tertiary/aromatic N) is 1. The predicted molar refractivity (Wildman–Crippen MR) is 65.5 cm³/mol. The molecule has 3 nitrogen and oxygen atoms in total. The van der Waals surface area contributed by atoms with Gasteiger partial charge in [-0.15, -0.1) is 0 Å². The molecule has 86 valence electrons. The third kappa shape index (κ3) is 1.87. The number of hydrogen-bond donors (Lipinski definition) is 1. The molecule has 4 heteroatoms. The van der Waals surface area contributed by atoms with Crippen LogP contribution in [0.15, 0.2) is 24.3 Å². The standard InChI is InChI=1S/C13H10ClNO2/c14-8-3-4-9-10(5-8)15-11(6-12(9)16)13(17)7-1-2-7/h3-7H,1-2H2,(H,15,16). The van der Waals surface area contributed by atoms with Crippen molar-refractivity contribution >= 4 is 28.3 Å². The highest BCUT2D eigenvalue weighted by atomic mass is 35.5. The van der Waals surface area contributed by atoms with Crippen LogP contribution in [0.5, 0.6) is 5.75 Å². The molecule has 0 unspecified atom stereocenters. The van der Waals surface area contributed by atoms with Crippen molar-refractivity contribution in [2.75, 3.05) is 0 Å². The van der Waals surface area contributed by atoms with E-state index in [0.717, 1.165) is 12.8 Å².